The van der Waals surface area contributed by atoms with Gasteiger partial charge in [-0.2, -0.15) is 0 Å². The Morgan fingerprint density at radius 1 is 1.07 bits per heavy atom. The lowest BCUT2D eigenvalue weighted by Gasteiger charge is -2.18. The normalized spacial score (nSPS) is 13.7. The number of aryl methyl sites for hydroxylation is 2. The molecule has 0 saturated carbocycles. The molecule has 0 bridgehead atoms. The molecule has 4 aromatic rings. The molecule has 0 radical (unpaired) electrons. The molecule has 0 unspecified atom stereocenters. The van der Waals surface area contributed by atoms with Gasteiger partial charge in [0.1, 0.15) is 29.4 Å². The van der Waals surface area contributed by atoms with Gasteiger partial charge >= 0.3 is 0 Å². The van der Waals surface area contributed by atoms with Crippen molar-refractivity contribution in [2.45, 2.75) is 46.1 Å². The van der Waals surface area contributed by atoms with Crippen LogP contribution in [0.5, 0.6) is 17.2 Å². The van der Waals surface area contributed by atoms with Gasteiger partial charge in [-0.15, -0.1) is 0 Å². The maximum Gasteiger partial charge on any atom is 0.260 e. The molecular weight excluding hydrogens is 520 g/mol. The van der Waals surface area contributed by atoms with E-state index >= 15 is 0 Å². The first-order chi connectivity index (χ1) is 19.9. The summed E-state index contributed by atoms with van der Waals surface area (Å²) in [5.74, 6) is 2.42. The number of carbonyl (C=O) groups excluding carboxylic acids is 2. The van der Waals surface area contributed by atoms with Gasteiger partial charge in [-0.25, -0.2) is 9.97 Å². The summed E-state index contributed by atoms with van der Waals surface area (Å²) in [5.41, 5.74) is 3.36. The first-order valence-electron chi connectivity index (χ1n) is 13.8. The first kappa shape index (κ1) is 27.8. The van der Waals surface area contributed by atoms with Crippen LogP contribution in [-0.2, 0) is 9.59 Å². The number of carbonyl (C=O) groups is 2. The summed E-state index contributed by atoms with van der Waals surface area (Å²) in [7, 11) is 0. The van der Waals surface area contributed by atoms with E-state index in [2.05, 4.69) is 25.6 Å². The Bertz CT molecular complexity index is 1540. The minimum atomic E-state index is -0.739. The fraction of sp³-hybridized carbons (Fsp3) is 0.323. The van der Waals surface area contributed by atoms with Crippen molar-refractivity contribution >= 4 is 34.2 Å². The average Bonchev–Trinajstić information content (AvgIpc) is 3.38. The highest BCUT2D eigenvalue weighted by molar-refractivity contribution is 5.96. The lowest BCUT2D eigenvalue weighted by atomic mass is 10.1. The molecule has 212 valence electrons. The number of fused-ring (bicyclic) bond motifs is 1. The zero-order valence-electron chi connectivity index (χ0n) is 23.5. The number of likely N-dealkylation sites (tertiary alicyclic amines) is 1. The number of nitrogens with one attached hydrogen (secondary N) is 2. The summed E-state index contributed by atoms with van der Waals surface area (Å²) < 4.78 is 12.1. The fourth-order valence-corrected chi connectivity index (χ4v) is 4.70. The van der Waals surface area contributed by atoms with Gasteiger partial charge in [0.2, 0.25) is 5.91 Å². The standard InChI is InChI=1S/C31H34N6O4/c1-20-17-23(11-13-26(20)41-24-12-10-21(2)33-18-24)36-30-29-25(34-19-35-30)7-4-8-27(29)40-22(3)31(39)32-14-6-16-37-15-5-9-28(37)38/h4,7-8,10-13,17-19,22H,5-6,9,14-16H2,1-3H3,(H,32,39)(H,34,35,36)/t22-/m1/s1. The van der Waals surface area contributed by atoms with E-state index in [4.69, 9.17) is 9.47 Å². The van der Waals surface area contributed by atoms with Gasteiger partial charge in [-0.3, -0.25) is 14.6 Å². The van der Waals surface area contributed by atoms with Gasteiger partial charge in [0.25, 0.3) is 5.91 Å². The van der Waals surface area contributed by atoms with Crippen molar-refractivity contribution in [1.82, 2.24) is 25.2 Å². The second-order valence-corrected chi connectivity index (χ2v) is 10.1. The predicted octanol–water partition coefficient (Wildman–Crippen LogP) is 5.07. The Morgan fingerprint density at radius 2 is 1.95 bits per heavy atom. The molecule has 5 rings (SSSR count). The lowest BCUT2D eigenvalue weighted by Crippen LogP contribution is -2.38. The third-order valence-electron chi connectivity index (χ3n) is 6.92. The van der Waals surface area contributed by atoms with E-state index < -0.39 is 6.10 Å². The number of pyridine rings is 1. The Morgan fingerprint density at radius 3 is 2.71 bits per heavy atom. The number of nitrogens with zero attached hydrogens (tertiary/aromatic N) is 4. The van der Waals surface area contributed by atoms with Crippen LogP contribution in [0.2, 0.25) is 0 Å². The molecular formula is C31H34N6O4. The van der Waals surface area contributed by atoms with Gasteiger partial charge in [0.05, 0.1) is 17.1 Å². The van der Waals surface area contributed by atoms with Crippen LogP contribution < -0.4 is 20.1 Å². The third-order valence-corrected chi connectivity index (χ3v) is 6.92. The number of amides is 2. The number of benzene rings is 2. The van der Waals surface area contributed by atoms with Crippen molar-refractivity contribution in [3.63, 3.8) is 0 Å². The zero-order chi connectivity index (χ0) is 28.8. The molecule has 1 fully saturated rings. The van der Waals surface area contributed by atoms with Gasteiger partial charge < -0.3 is 25.0 Å². The number of ether oxygens (including phenoxy) is 2. The van der Waals surface area contributed by atoms with Crippen LogP contribution in [0.3, 0.4) is 0 Å². The van der Waals surface area contributed by atoms with Crippen molar-refractivity contribution < 1.29 is 19.1 Å². The summed E-state index contributed by atoms with van der Waals surface area (Å²) in [4.78, 5) is 39.5. The Kier molecular flexibility index (Phi) is 8.57. The zero-order valence-corrected chi connectivity index (χ0v) is 23.5. The third kappa shape index (κ3) is 6.89. The molecule has 1 aliphatic heterocycles. The summed E-state index contributed by atoms with van der Waals surface area (Å²) in [5, 5.41) is 6.95. The molecule has 1 saturated heterocycles. The van der Waals surface area contributed by atoms with E-state index in [0.29, 0.717) is 54.2 Å². The van der Waals surface area contributed by atoms with E-state index in [-0.39, 0.29) is 11.8 Å². The van der Waals surface area contributed by atoms with Crippen LogP contribution in [0.1, 0.15) is 37.4 Å². The van der Waals surface area contributed by atoms with Crippen molar-refractivity contribution in [2.75, 3.05) is 25.0 Å². The Hall–Kier alpha value is -4.73. The Labute approximate surface area is 239 Å². The molecule has 1 atom stereocenters. The monoisotopic (exact) mass is 554 g/mol. The first-order valence-corrected chi connectivity index (χ1v) is 13.8. The molecule has 0 aliphatic carbocycles. The minimum absolute atomic E-state index is 0.190. The van der Waals surface area contributed by atoms with Gasteiger partial charge in [0, 0.05) is 37.4 Å². The second kappa shape index (κ2) is 12.6. The summed E-state index contributed by atoms with van der Waals surface area (Å²) in [6.45, 7) is 7.54. The highest BCUT2D eigenvalue weighted by Crippen LogP contribution is 2.34. The van der Waals surface area contributed by atoms with Crippen LogP contribution in [-0.4, -0.2) is 57.4 Å². The average molecular weight is 555 g/mol. The minimum Gasteiger partial charge on any atom is -0.480 e. The summed E-state index contributed by atoms with van der Waals surface area (Å²) >= 11 is 0. The molecule has 2 aromatic carbocycles. The highest BCUT2D eigenvalue weighted by atomic mass is 16.5. The van der Waals surface area contributed by atoms with Crippen molar-refractivity contribution in [1.29, 1.82) is 0 Å². The van der Waals surface area contributed by atoms with Crippen LogP contribution in [0.4, 0.5) is 11.5 Å². The fourth-order valence-electron chi connectivity index (χ4n) is 4.70. The number of aromatic nitrogens is 3. The topological polar surface area (TPSA) is 119 Å². The molecule has 1 aliphatic rings. The van der Waals surface area contributed by atoms with Crippen LogP contribution in [0.15, 0.2) is 61.1 Å². The maximum absolute atomic E-state index is 12.8. The van der Waals surface area contributed by atoms with E-state index in [0.717, 1.165) is 35.7 Å². The van der Waals surface area contributed by atoms with Crippen molar-refractivity contribution in [2.24, 2.45) is 0 Å². The molecule has 41 heavy (non-hydrogen) atoms. The molecule has 10 nitrogen and oxygen atoms in total. The molecule has 2 amide bonds. The van der Waals surface area contributed by atoms with Gasteiger partial charge in [-0.05, 0) is 81.6 Å². The lowest BCUT2D eigenvalue weighted by molar-refractivity contribution is -0.127. The van der Waals surface area contributed by atoms with Crippen molar-refractivity contribution in [3.05, 3.63) is 72.3 Å². The Balaban J connectivity index is 1.25. The maximum atomic E-state index is 12.8. The molecule has 2 N–H and O–H groups in total. The number of hydrogen-bond donors (Lipinski definition) is 2. The predicted molar refractivity (Wildman–Crippen MR) is 157 cm³/mol. The molecule has 10 heteroatoms. The SMILES string of the molecule is Cc1ccc(Oc2ccc(Nc3ncnc4cccc(O[C@H](C)C(=O)NCCCN5CCCC5=O)c34)cc2C)cn1. The van der Waals surface area contributed by atoms with Gasteiger partial charge in [0.15, 0.2) is 6.10 Å². The number of rotatable bonds is 11. The van der Waals surface area contributed by atoms with E-state index in [1.54, 1.807) is 19.2 Å². The van der Waals surface area contributed by atoms with Gasteiger partial charge in [-0.1, -0.05) is 6.07 Å². The molecule has 3 heterocycles. The van der Waals surface area contributed by atoms with E-state index in [1.165, 1.54) is 6.33 Å². The van der Waals surface area contributed by atoms with Crippen LogP contribution in [0.25, 0.3) is 10.9 Å². The van der Waals surface area contributed by atoms with E-state index in [9.17, 15) is 9.59 Å². The largest absolute Gasteiger partial charge is 0.480 e. The van der Waals surface area contributed by atoms with E-state index in [1.807, 2.05) is 61.2 Å². The quantitative estimate of drug-likeness (QED) is 0.247. The number of hydrogen-bond acceptors (Lipinski definition) is 8. The second-order valence-electron chi connectivity index (χ2n) is 10.1. The highest BCUT2D eigenvalue weighted by Gasteiger charge is 2.21. The smallest absolute Gasteiger partial charge is 0.260 e. The van der Waals surface area contributed by atoms with Crippen LogP contribution in [0, 0.1) is 13.8 Å². The van der Waals surface area contributed by atoms with Crippen LogP contribution >= 0.6 is 0 Å². The summed E-state index contributed by atoms with van der Waals surface area (Å²) in [6, 6.07) is 15.1. The summed E-state index contributed by atoms with van der Waals surface area (Å²) in [6.07, 6.45) is 4.68. The molecule has 0 spiro atoms. The number of anilines is 2. The molecule has 2 aromatic heterocycles. The van der Waals surface area contributed by atoms with Crippen molar-refractivity contribution in [3.8, 4) is 17.2 Å².